The first-order valence-electron chi connectivity index (χ1n) is 6.90. The lowest BCUT2D eigenvalue weighted by atomic mass is 10.1. The maximum atomic E-state index is 9.94. The molecule has 0 aliphatic carbocycles. The van der Waals surface area contributed by atoms with Crippen LogP contribution in [0.25, 0.3) is 5.70 Å². The third-order valence-corrected chi connectivity index (χ3v) is 3.23. The molecule has 0 heterocycles. The van der Waals surface area contributed by atoms with E-state index < -0.39 is 0 Å². The number of phenols is 1. The summed E-state index contributed by atoms with van der Waals surface area (Å²) >= 11 is 0. The van der Waals surface area contributed by atoms with Crippen LogP contribution >= 0.6 is 0 Å². The van der Waals surface area contributed by atoms with Crippen LogP contribution in [0.2, 0.25) is 0 Å². The molecule has 0 radical (unpaired) electrons. The van der Waals surface area contributed by atoms with Gasteiger partial charge in [-0.3, -0.25) is 4.99 Å². The summed E-state index contributed by atoms with van der Waals surface area (Å²) in [7, 11) is 0. The topological polar surface area (TPSA) is 44.6 Å². The molecule has 2 aromatic carbocycles. The number of phenolic OH excluding ortho intramolecular Hbond substituents is 1. The Balaban J connectivity index is 2.36. The Labute approximate surface area is 131 Å². The highest BCUT2D eigenvalue weighted by molar-refractivity contribution is 5.83. The standard InChI is InChI=1S/C19H18N2O/c1-5-15-8-7-9-16(11-15)21-14(4)17-12-19(22)13(3)10-18(17)20-6-2/h1,6-12,21-22H,4H2,2-3H3/b20-6-. The smallest absolute Gasteiger partial charge is 0.119 e. The maximum Gasteiger partial charge on any atom is 0.119 e. The van der Waals surface area contributed by atoms with Crippen LogP contribution in [0.4, 0.5) is 11.4 Å². The molecule has 0 bridgehead atoms. The average molecular weight is 290 g/mol. The van der Waals surface area contributed by atoms with E-state index in [0.717, 1.165) is 28.1 Å². The fraction of sp³-hybridized carbons (Fsp3) is 0.105. The Morgan fingerprint density at radius 3 is 2.82 bits per heavy atom. The first kappa shape index (κ1) is 15.4. The summed E-state index contributed by atoms with van der Waals surface area (Å²) in [6.45, 7) is 7.72. The number of nitrogens with one attached hydrogen (secondary N) is 1. The second-order valence-corrected chi connectivity index (χ2v) is 4.87. The van der Waals surface area contributed by atoms with Crippen LogP contribution in [-0.2, 0) is 0 Å². The van der Waals surface area contributed by atoms with Crippen LogP contribution in [0.1, 0.15) is 23.6 Å². The Hall–Kier alpha value is -2.99. The largest absolute Gasteiger partial charge is 0.508 e. The number of hydrogen-bond donors (Lipinski definition) is 2. The number of terminal acetylenes is 1. The van der Waals surface area contributed by atoms with Gasteiger partial charge in [-0.1, -0.05) is 18.6 Å². The molecule has 3 heteroatoms. The third-order valence-electron chi connectivity index (χ3n) is 3.23. The van der Waals surface area contributed by atoms with E-state index in [1.54, 1.807) is 12.3 Å². The first-order chi connectivity index (χ1) is 10.5. The first-order valence-corrected chi connectivity index (χ1v) is 6.90. The van der Waals surface area contributed by atoms with Gasteiger partial charge in [0.2, 0.25) is 0 Å². The van der Waals surface area contributed by atoms with E-state index in [4.69, 9.17) is 6.42 Å². The molecule has 0 saturated heterocycles. The molecule has 0 aromatic heterocycles. The van der Waals surface area contributed by atoms with Crippen molar-refractivity contribution in [2.24, 2.45) is 4.99 Å². The van der Waals surface area contributed by atoms with Crippen LogP contribution in [0, 0.1) is 19.3 Å². The number of nitrogens with zero attached hydrogens (tertiary/aromatic N) is 1. The molecule has 0 saturated carbocycles. The summed E-state index contributed by atoms with van der Waals surface area (Å²) < 4.78 is 0. The van der Waals surface area contributed by atoms with Gasteiger partial charge in [0.1, 0.15) is 5.75 Å². The summed E-state index contributed by atoms with van der Waals surface area (Å²) in [6.07, 6.45) is 7.12. The molecule has 0 atom stereocenters. The monoisotopic (exact) mass is 290 g/mol. The zero-order valence-corrected chi connectivity index (χ0v) is 12.7. The van der Waals surface area contributed by atoms with E-state index in [1.807, 2.05) is 44.2 Å². The van der Waals surface area contributed by atoms with Crippen molar-refractivity contribution in [3.8, 4) is 18.1 Å². The molecule has 3 nitrogen and oxygen atoms in total. The van der Waals surface area contributed by atoms with Crippen LogP contribution < -0.4 is 5.32 Å². The van der Waals surface area contributed by atoms with Crippen molar-refractivity contribution < 1.29 is 5.11 Å². The fourth-order valence-electron chi connectivity index (χ4n) is 2.10. The second kappa shape index (κ2) is 6.64. The van der Waals surface area contributed by atoms with E-state index in [2.05, 4.69) is 22.8 Å². The van der Waals surface area contributed by atoms with Crippen LogP contribution in [-0.4, -0.2) is 11.3 Å². The van der Waals surface area contributed by atoms with Crippen molar-refractivity contribution in [3.63, 3.8) is 0 Å². The molecule has 0 aliphatic heterocycles. The van der Waals surface area contributed by atoms with Gasteiger partial charge in [-0.25, -0.2) is 0 Å². The van der Waals surface area contributed by atoms with Crippen molar-refractivity contribution in [2.75, 3.05) is 5.32 Å². The third kappa shape index (κ3) is 3.36. The van der Waals surface area contributed by atoms with Gasteiger partial charge >= 0.3 is 0 Å². The summed E-state index contributed by atoms with van der Waals surface area (Å²) in [4.78, 5) is 4.34. The lowest BCUT2D eigenvalue weighted by Crippen LogP contribution is -1.98. The van der Waals surface area contributed by atoms with Crippen molar-refractivity contribution in [2.45, 2.75) is 13.8 Å². The van der Waals surface area contributed by atoms with Gasteiger partial charge < -0.3 is 10.4 Å². The zero-order valence-electron chi connectivity index (χ0n) is 12.7. The number of benzene rings is 2. The van der Waals surface area contributed by atoms with Gasteiger partial charge in [0.25, 0.3) is 0 Å². The number of aliphatic imine (C=N–C) groups is 1. The molecule has 2 aromatic rings. The summed E-state index contributed by atoms with van der Waals surface area (Å²) in [5, 5.41) is 13.1. The molecule has 0 spiro atoms. The maximum absolute atomic E-state index is 9.94. The quantitative estimate of drug-likeness (QED) is 0.644. The van der Waals surface area contributed by atoms with E-state index >= 15 is 0 Å². The van der Waals surface area contributed by atoms with Crippen LogP contribution in [0.5, 0.6) is 5.75 Å². The highest BCUT2D eigenvalue weighted by Crippen LogP contribution is 2.32. The number of aromatic hydroxyl groups is 1. The van der Waals surface area contributed by atoms with Gasteiger partial charge in [-0.2, -0.15) is 0 Å². The predicted octanol–water partition coefficient (Wildman–Crippen LogP) is 4.49. The summed E-state index contributed by atoms with van der Waals surface area (Å²) in [6, 6.07) is 11.0. The molecule has 0 fully saturated rings. The SMILES string of the molecule is C#Cc1cccc(NC(=C)c2cc(O)c(C)cc2/N=C\C)c1. The predicted molar refractivity (Wildman–Crippen MR) is 93.7 cm³/mol. The minimum atomic E-state index is 0.213. The highest BCUT2D eigenvalue weighted by atomic mass is 16.3. The lowest BCUT2D eigenvalue weighted by Gasteiger charge is -2.14. The molecular formula is C19H18N2O. The zero-order chi connectivity index (χ0) is 16.1. The molecule has 2 N–H and O–H groups in total. The van der Waals surface area contributed by atoms with Crippen molar-refractivity contribution in [1.29, 1.82) is 0 Å². The van der Waals surface area contributed by atoms with Crippen LogP contribution in [0.15, 0.2) is 48.0 Å². The summed E-state index contributed by atoms with van der Waals surface area (Å²) in [5.41, 5.74) is 4.54. The molecule has 0 aliphatic rings. The van der Waals surface area contributed by atoms with Gasteiger partial charge in [0.05, 0.1) is 5.69 Å². The highest BCUT2D eigenvalue weighted by Gasteiger charge is 2.09. The second-order valence-electron chi connectivity index (χ2n) is 4.87. The Kier molecular flexibility index (Phi) is 4.65. The van der Waals surface area contributed by atoms with Crippen molar-refractivity contribution in [3.05, 3.63) is 59.7 Å². The van der Waals surface area contributed by atoms with E-state index in [9.17, 15) is 5.11 Å². The normalized spacial score (nSPS) is 10.4. The van der Waals surface area contributed by atoms with Gasteiger partial charge in [0, 0.05) is 28.7 Å². The average Bonchev–Trinajstić information content (AvgIpc) is 2.51. The van der Waals surface area contributed by atoms with E-state index in [1.165, 1.54) is 0 Å². The fourth-order valence-corrected chi connectivity index (χ4v) is 2.10. The van der Waals surface area contributed by atoms with E-state index in [-0.39, 0.29) is 5.75 Å². The van der Waals surface area contributed by atoms with E-state index in [0.29, 0.717) is 5.70 Å². The molecular weight excluding hydrogens is 272 g/mol. The lowest BCUT2D eigenvalue weighted by molar-refractivity contribution is 0.471. The van der Waals surface area contributed by atoms with Gasteiger partial charge in [-0.05, 0) is 49.7 Å². The molecule has 0 unspecified atom stereocenters. The van der Waals surface area contributed by atoms with Gasteiger partial charge in [-0.15, -0.1) is 6.42 Å². The number of aryl methyl sites for hydroxylation is 1. The molecule has 22 heavy (non-hydrogen) atoms. The summed E-state index contributed by atoms with van der Waals surface area (Å²) in [5.74, 6) is 2.81. The molecule has 0 amide bonds. The van der Waals surface area contributed by atoms with Gasteiger partial charge in [0.15, 0.2) is 0 Å². The minimum absolute atomic E-state index is 0.213. The number of hydrogen-bond acceptors (Lipinski definition) is 3. The Morgan fingerprint density at radius 1 is 1.36 bits per heavy atom. The van der Waals surface area contributed by atoms with Crippen LogP contribution in [0.3, 0.4) is 0 Å². The van der Waals surface area contributed by atoms with Crippen molar-refractivity contribution in [1.82, 2.24) is 0 Å². The molecule has 2 rings (SSSR count). The Morgan fingerprint density at radius 2 is 2.14 bits per heavy atom. The number of rotatable bonds is 4. The molecule has 110 valence electrons. The van der Waals surface area contributed by atoms with Crippen molar-refractivity contribution >= 4 is 23.3 Å². The number of anilines is 1. The minimum Gasteiger partial charge on any atom is -0.508 e. The Bertz CT molecular complexity index is 783.